The molecule has 1 aromatic carbocycles. The van der Waals surface area contributed by atoms with Crippen molar-refractivity contribution in [2.45, 2.75) is 6.42 Å². The molecule has 2 saturated carbocycles. The highest BCUT2D eigenvalue weighted by Gasteiger charge is 2.67. The van der Waals surface area contributed by atoms with Crippen molar-refractivity contribution in [3.63, 3.8) is 0 Å². The largest absolute Gasteiger partial charge is 0.507 e. The zero-order chi connectivity index (χ0) is 16.6. The molecule has 4 aliphatic carbocycles. The lowest BCUT2D eigenvalue weighted by molar-refractivity contribution is -0.140. The fourth-order valence-electron chi connectivity index (χ4n) is 4.80. The molecule has 6 atom stereocenters. The van der Waals surface area contributed by atoms with Gasteiger partial charge in [-0.2, -0.15) is 10.1 Å². The summed E-state index contributed by atoms with van der Waals surface area (Å²) < 4.78 is 0.789. The molecule has 6 heteroatoms. The Morgan fingerprint density at radius 2 is 1.75 bits per heavy atom. The van der Waals surface area contributed by atoms with E-state index in [1.165, 1.54) is 12.3 Å². The number of hydrogen-bond donors (Lipinski definition) is 1. The fourth-order valence-corrected chi connectivity index (χ4v) is 5.18. The van der Waals surface area contributed by atoms with Gasteiger partial charge in [0.25, 0.3) is 11.8 Å². The summed E-state index contributed by atoms with van der Waals surface area (Å²) in [6.45, 7) is 0. The SMILES string of the molecule is O=C1[C@@H]2[C@H]3C=C[C@@H]([C@@H]4C[C@@H]34)[C@H]2C(=O)N1N=Cc1cc(Br)ccc1O. The lowest BCUT2D eigenvalue weighted by Crippen LogP contribution is -2.40. The van der Waals surface area contributed by atoms with E-state index in [1.807, 2.05) is 0 Å². The highest BCUT2D eigenvalue weighted by Crippen LogP contribution is 2.65. The van der Waals surface area contributed by atoms with E-state index in [9.17, 15) is 14.7 Å². The lowest BCUT2D eigenvalue weighted by atomic mass is 9.63. The Bertz CT molecular complexity index is 798. The molecule has 6 rings (SSSR count). The number of imide groups is 1. The summed E-state index contributed by atoms with van der Waals surface area (Å²) in [6, 6.07) is 4.94. The van der Waals surface area contributed by atoms with Crippen LogP contribution in [-0.2, 0) is 9.59 Å². The minimum atomic E-state index is -0.246. The Balaban J connectivity index is 1.46. The van der Waals surface area contributed by atoms with E-state index in [-0.39, 0.29) is 41.2 Å². The number of phenolic OH excluding ortho intramolecular Hbond substituents is 1. The molecule has 0 radical (unpaired) electrons. The Morgan fingerprint density at radius 1 is 1.12 bits per heavy atom. The molecule has 122 valence electrons. The average Bonchev–Trinajstić information content (AvgIpc) is 3.35. The third-order valence-electron chi connectivity index (χ3n) is 5.94. The van der Waals surface area contributed by atoms with Gasteiger partial charge in [0.1, 0.15) is 5.75 Å². The maximum Gasteiger partial charge on any atom is 0.254 e. The molecule has 0 unspecified atom stereocenters. The lowest BCUT2D eigenvalue weighted by Gasteiger charge is -2.37. The van der Waals surface area contributed by atoms with Gasteiger partial charge in [-0.3, -0.25) is 9.59 Å². The number of hydrogen-bond acceptors (Lipinski definition) is 4. The van der Waals surface area contributed by atoms with Gasteiger partial charge in [-0.05, 0) is 48.3 Å². The number of aromatic hydroxyl groups is 1. The number of benzene rings is 1. The molecule has 1 aromatic rings. The van der Waals surface area contributed by atoms with Gasteiger partial charge >= 0.3 is 0 Å². The maximum atomic E-state index is 12.8. The molecule has 1 saturated heterocycles. The van der Waals surface area contributed by atoms with Crippen LogP contribution in [0, 0.1) is 35.5 Å². The normalized spacial score (nSPS) is 38.8. The van der Waals surface area contributed by atoms with Gasteiger partial charge in [0.05, 0.1) is 18.1 Å². The van der Waals surface area contributed by atoms with E-state index in [4.69, 9.17) is 0 Å². The van der Waals surface area contributed by atoms with Crippen molar-refractivity contribution < 1.29 is 14.7 Å². The number of phenols is 1. The third-order valence-corrected chi connectivity index (χ3v) is 6.43. The molecule has 2 amide bonds. The number of halogens is 1. The number of amides is 2. The molecule has 1 heterocycles. The van der Waals surface area contributed by atoms with Gasteiger partial charge in [-0.1, -0.05) is 28.1 Å². The molecule has 2 bridgehead atoms. The van der Waals surface area contributed by atoms with E-state index in [0.29, 0.717) is 17.4 Å². The maximum absolute atomic E-state index is 12.8. The Morgan fingerprint density at radius 3 is 2.38 bits per heavy atom. The molecule has 0 aromatic heterocycles. The molecular weight excluding hydrogens is 372 g/mol. The minimum absolute atomic E-state index is 0.0569. The molecule has 5 nitrogen and oxygen atoms in total. The van der Waals surface area contributed by atoms with Crippen LogP contribution in [0.4, 0.5) is 0 Å². The van der Waals surface area contributed by atoms with Crippen LogP contribution in [0.2, 0.25) is 0 Å². The first-order valence-corrected chi connectivity index (χ1v) is 8.94. The number of rotatable bonds is 2. The topological polar surface area (TPSA) is 70.0 Å². The Hall–Kier alpha value is -1.95. The van der Waals surface area contributed by atoms with Crippen LogP contribution in [0.3, 0.4) is 0 Å². The summed E-state index contributed by atoms with van der Waals surface area (Å²) in [5, 5.41) is 15.0. The predicted octanol–water partition coefficient (Wildman–Crippen LogP) is 2.54. The first-order chi connectivity index (χ1) is 11.6. The van der Waals surface area contributed by atoms with Crippen molar-refractivity contribution in [3.8, 4) is 5.75 Å². The highest BCUT2D eigenvalue weighted by molar-refractivity contribution is 9.10. The molecule has 1 N–H and O–H groups in total. The van der Waals surface area contributed by atoms with Crippen LogP contribution in [0.1, 0.15) is 12.0 Å². The third kappa shape index (κ3) is 1.83. The van der Waals surface area contributed by atoms with Gasteiger partial charge in [-0.15, -0.1) is 0 Å². The van der Waals surface area contributed by atoms with Gasteiger partial charge in [0.2, 0.25) is 0 Å². The van der Waals surface area contributed by atoms with Crippen LogP contribution in [0.25, 0.3) is 0 Å². The second-order valence-electron chi connectivity index (χ2n) is 7.09. The first-order valence-electron chi connectivity index (χ1n) is 8.15. The Kier molecular flexibility index (Phi) is 2.87. The molecule has 5 aliphatic rings. The van der Waals surface area contributed by atoms with Crippen molar-refractivity contribution in [3.05, 3.63) is 40.4 Å². The predicted molar refractivity (Wildman–Crippen MR) is 90.0 cm³/mol. The second-order valence-corrected chi connectivity index (χ2v) is 8.01. The summed E-state index contributed by atoms with van der Waals surface area (Å²) in [6.07, 6.45) is 6.80. The van der Waals surface area contributed by atoms with Gasteiger partial charge in [0, 0.05) is 10.0 Å². The van der Waals surface area contributed by atoms with E-state index < -0.39 is 0 Å². The zero-order valence-electron chi connectivity index (χ0n) is 12.7. The molecular formula is C18H15BrN2O3. The van der Waals surface area contributed by atoms with E-state index in [1.54, 1.807) is 12.1 Å². The van der Waals surface area contributed by atoms with E-state index in [2.05, 4.69) is 33.2 Å². The number of carbonyl (C=O) groups excluding carboxylic acids is 2. The number of allylic oxidation sites excluding steroid dienone is 2. The van der Waals surface area contributed by atoms with Gasteiger partial charge in [-0.25, -0.2) is 0 Å². The van der Waals surface area contributed by atoms with Gasteiger partial charge in [0.15, 0.2) is 0 Å². The van der Waals surface area contributed by atoms with Crippen LogP contribution in [0.15, 0.2) is 39.9 Å². The minimum Gasteiger partial charge on any atom is -0.507 e. The number of nitrogens with zero attached hydrogens (tertiary/aromatic N) is 2. The van der Waals surface area contributed by atoms with Crippen molar-refractivity contribution in [2.24, 2.45) is 40.6 Å². The van der Waals surface area contributed by atoms with Gasteiger partial charge < -0.3 is 5.11 Å². The summed E-state index contributed by atoms with van der Waals surface area (Å²) in [4.78, 5) is 25.5. The van der Waals surface area contributed by atoms with Crippen molar-refractivity contribution >= 4 is 34.0 Å². The van der Waals surface area contributed by atoms with E-state index in [0.717, 1.165) is 15.9 Å². The standard InChI is InChI=1S/C18H15BrN2O3/c19-9-1-4-14(22)8(5-9)7-20-21-17(23)15-10-2-3-11(13-6-12(10)13)16(15)18(21)24/h1-5,7,10-13,15-16,22H,6H2/t10-,11-,12-,13-,15+,16+/m0/s1. The van der Waals surface area contributed by atoms with Crippen LogP contribution in [-0.4, -0.2) is 28.1 Å². The molecule has 0 spiro atoms. The molecule has 1 aliphatic heterocycles. The average molecular weight is 387 g/mol. The summed E-state index contributed by atoms with van der Waals surface area (Å²) in [5.41, 5.74) is 0.462. The summed E-state index contributed by atoms with van der Waals surface area (Å²) in [7, 11) is 0. The van der Waals surface area contributed by atoms with Crippen LogP contribution in [0.5, 0.6) is 5.75 Å². The smallest absolute Gasteiger partial charge is 0.254 e. The van der Waals surface area contributed by atoms with Crippen molar-refractivity contribution in [1.29, 1.82) is 0 Å². The van der Waals surface area contributed by atoms with Crippen molar-refractivity contribution in [2.75, 3.05) is 0 Å². The second kappa shape index (κ2) is 4.79. The molecule has 24 heavy (non-hydrogen) atoms. The highest BCUT2D eigenvalue weighted by atomic mass is 79.9. The zero-order valence-corrected chi connectivity index (χ0v) is 14.3. The monoisotopic (exact) mass is 386 g/mol. The molecule has 3 fully saturated rings. The number of hydrazone groups is 1. The summed E-state index contributed by atoms with van der Waals surface area (Å²) >= 11 is 3.33. The van der Waals surface area contributed by atoms with Crippen LogP contribution >= 0.6 is 15.9 Å². The van der Waals surface area contributed by atoms with Crippen LogP contribution < -0.4 is 0 Å². The van der Waals surface area contributed by atoms with Crippen molar-refractivity contribution in [1.82, 2.24) is 5.01 Å². The fraction of sp³-hybridized carbons (Fsp3) is 0.389. The number of carbonyl (C=O) groups is 2. The Labute approximate surface area is 147 Å². The van der Waals surface area contributed by atoms with E-state index >= 15 is 0 Å². The summed E-state index contributed by atoms with van der Waals surface area (Å²) in [5.74, 6) is 0.727. The first kappa shape index (κ1) is 14.4. The quantitative estimate of drug-likeness (QED) is 0.482.